The molecule has 0 amide bonds. The van der Waals surface area contributed by atoms with E-state index >= 15 is 0 Å². The predicted octanol–water partition coefficient (Wildman–Crippen LogP) is 2.51. The summed E-state index contributed by atoms with van der Waals surface area (Å²) in [7, 11) is 0. The fraction of sp³-hybridized carbons (Fsp3) is 0.333. The Labute approximate surface area is 120 Å². The van der Waals surface area contributed by atoms with E-state index in [4.69, 9.17) is 21.4 Å². The molecule has 0 aliphatic rings. The molecule has 0 aliphatic heterocycles. The molecular formula is C12H14ClN3O2S. The molecule has 0 saturated heterocycles. The number of nitrogens with zero attached hydrogens (tertiary/aromatic N) is 2. The lowest BCUT2D eigenvalue weighted by molar-refractivity contribution is 0.296. The van der Waals surface area contributed by atoms with Gasteiger partial charge in [0.2, 0.25) is 5.16 Å². The highest BCUT2D eigenvalue weighted by Gasteiger charge is 2.04. The summed E-state index contributed by atoms with van der Waals surface area (Å²) >= 11 is 7.29. The summed E-state index contributed by atoms with van der Waals surface area (Å²) in [5.74, 6) is 2.20. The van der Waals surface area contributed by atoms with E-state index in [0.717, 1.165) is 17.9 Å². The fourth-order valence-corrected chi connectivity index (χ4v) is 2.18. The van der Waals surface area contributed by atoms with Crippen LogP contribution in [0.3, 0.4) is 0 Å². The minimum Gasteiger partial charge on any atom is -0.486 e. The largest absolute Gasteiger partial charge is 0.486 e. The maximum absolute atomic E-state index is 8.69. The van der Waals surface area contributed by atoms with Crippen molar-refractivity contribution in [1.82, 2.24) is 15.2 Å². The zero-order chi connectivity index (χ0) is 13.5. The Kier molecular flexibility index (Phi) is 5.50. The molecule has 1 aromatic carbocycles. The van der Waals surface area contributed by atoms with Gasteiger partial charge in [0.25, 0.3) is 0 Å². The minimum absolute atomic E-state index is 0.184. The van der Waals surface area contributed by atoms with Gasteiger partial charge in [0.05, 0.1) is 0 Å². The SMILES string of the molecule is OCCCSc1n[nH]c(COc2ccc(Cl)cc2)n1. The number of hydrogen-bond acceptors (Lipinski definition) is 5. The first-order valence-electron chi connectivity index (χ1n) is 5.81. The van der Waals surface area contributed by atoms with E-state index < -0.39 is 0 Å². The minimum atomic E-state index is 0.184. The molecule has 2 rings (SSSR count). The van der Waals surface area contributed by atoms with Crippen LogP contribution in [0, 0.1) is 0 Å². The van der Waals surface area contributed by atoms with Gasteiger partial charge in [-0.15, -0.1) is 5.10 Å². The fourth-order valence-electron chi connectivity index (χ4n) is 1.32. The smallest absolute Gasteiger partial charge is 0.208 e. The maximum Gasteiger partial charge on any atom is 0.208 e. The van der Waals surface area contributed by atoms with Gasteiger partial charge in [-0.3, -0.25) is 5.10 Å². The highest BCUT2D eigenvalue weighted by Crippen LogP contribution is 2.17. The number of aromatic amines is 1. The van der Waals surface area contributed by atoms with Crippen molar-refractivity contribution in [2.24, 2.45) is 0 Å². The number of halogens is 1. The number of nitrogens with one attached hydrogen (secondary N) is 1. The molecule has 2 N–H and O–H groups in total. The molecule has 0 spiro atoms. The molecule has 0 fully saturated rings. The number of aromatic nitrogens is 3. The van der Waals surface area contributed by atoms with Crippen LogP contribution in [0.5, 0.6) is 5.75 Å². The van der Waals surface area contributed by atoms with Crippen LogP contribution in [0.2, 0.25) is 5.02 Å². The average Bonchev–Trinajstić information content (AvgIpc) is 2.86. The van der Waals surface area contributed by atoms with Gasteiger partial charge in [-0.1, -0.05) is 23.4 Å². The van der Waals surface area contributed by atoms with Crippen molar-refractivity contribution in [3.8, 4) is 5.75 Å². The molecule has 0 saturated carbocycles. The average molecular weight is 300 g/mol. The van der Waals surface area contributed by atoms with Crippen molar-refractivity contribution in [3.63, 3.8) is 0 Å². The molecule has 2 aromatic rings. The van der Waals surface area contributed by atoms with Crippen molar-refractivity contribution in [2.45, 2.75) is 18.2 Å². The van der Waals surface area contributed by atoms with Crippen LogP contribution in [0.1, 0.15) is 12.2 Å². The zero-order valence-electron chi connectivity index (χ0n) is 10.2. The second-order valence-corrected chi connectivity index (χ2v) is 5.23. The van der Waals surface area contributed by atoms with Gasteiger partial charge >= 0.3 is 0 Å². The third kappa shape index (κ3) is 4.74. The first-order chi connectivity index (χ1) is 9.28. The van der Waals surface area contributed by atoms with Gasteiger partial charge in [0.1, 0.15) is 12.4 Å². The monoisotopic (exact) mass is 299 g/mol. The zero-order valence-corrected chi connectivity index (χ0v) is 11.7. The van der Waals surface area contributed by atoms with E-state index in [0.29, 0.717) is 22.6 Å². The van der Waals surface area contributed by atoms with Crippen molar-refractivity contribution < 1.29 is 9.84 Å². The lowest BCUT2D eigenvalue weighted by Crippen LogP contribution is -1.97. The van der Waals surface area contributed by atoms with Crippen molar-refractivity contribution in [3.05, 3.63) is 35.1 Å². The quantitative estimate of drug-likeness (QED) is 0.607. The number of hydrogen-bond donors (Lipinski definition) is 2. The van der Waals surface area contributed by atoms with Crippen molar-refractivity contribution >= 4 is 23.4 Å². The summed E-state index contributed by atoms with van der Waals surface area (Å²) in [5.41, 5.74) is 0. The summed E-state index contributed by atoms with van der Waals surface area (Å²) in [4.78, 5) is 4.28. The number of rotatable bonds is 7. The first kappa shape index (κ1) is 14.2. The molecule has 1 aromatic heterocycles. The molecule has 0 atom stereocenters. The molecular weight excluding hydrogens is 286 g/mol. The number of aliphatic hydroxyl groups is 1. The van der Waals surface area contributed by atoms with Gasteiger partial charge in [-0.2, -0.15) is 0 Å². The summed E-state index contributed by atoms with van der Waals surface area (Å²) in [6.45, 7) is 0.513. The standard InChI is InChI=1S/C12H14ClN3O2S/c13-9-2-4-10(5-3-9)18-8-11-14-12(16-15-11)19-7-1-6-17/h2-5,17H,1,6-8H2,(H,14,15,16). The highest BCUT2D eigenvalue weighted by molar-refractivity contribution is 7.99. The molecule has 102 valence electrons. The Morgan fingerprint density at radius 2 is 2.11 bits per heavy atom. The van der Waals surface area contributed by atoms with Gasteiger partial charge in [0.15, 0.2) is 5.82 Å². The topological polar surface area (TPSA) is 71.0 Å². The summed E-state index contributed by atoms with van der Waals surface area (Å²) in [5, 5.41) is 16.9. The molecule has 0 bridgehead atoms. The van der Waals surface area contributed by atoms with Crippen LogP contribution in [0.15, 0.2) is 29.4 Å². The summed E-state index contributed by atoms with van der Waals surface area (Å²) in [6.07, 6.45) is 0.732. The lowest BCUT2D eigenvalue weighted by Gasteiger charge is -2.03. The van der Waals surface area contributed by atoms with Crippen LogP contribution in [0.4, 0.5) is 0 Å². The number of ether oxygens (including phenoxy) is 1. The van der Waals surface area contributed by atoms with Crippen molar-refractivity contribution in [2.75, 3.05) is 12.4 Å². The second kappa shape index (κ2) is 7.37. The number of benzene rings is 1. The second-order valence-electron chi connectivity index (χ2n) is 3.73. The van der Waals surface area contributed by atoms with E-state index in [-0.39, 0.29) is 6.61 Å². The first-order valence-corrected chi connectivity index (χ1v) is 7.17. The normalized spacial score (nSPS) is 10.6. The van der Waals surface area contributed by atoms with E-state index in [2.05, 4.69) is 15.2 Å². The van der Waals surface area contributed by atoms with Crippen LogP contribution in [0.25, 0.3) is 0 Å². The van der Waals surface area contributed by atoms with Crippen LogP contribution in [-0.2, 0) is 6.61 Å². The van der Waals surface area contributed by atoms with Crippen molar-refractivity contribution in [1.29, 1.82) is 0 Å². The molecule has 19 heavy (non-hydrogen) atoms. The summed E-state index contributed by atoms with van der Waals surface area (Å²) < 4.78 is 5.54. The maximum atomic E-state index is 8.69. The van der Waals surface area contributed by atoms with E-state index in [1.807, 2.05) is 0 Å². The van der Waals surface area contributed by atoms with Gasteiger partial charge < -0.3 is 9.84 Å². The molecule has 0 aliphatic carbocycles. The molecule has 0 unspecified atom stereocenters. The Bertz CT molecular complexity index is 504. The number of aliphatic hydroxyl groups excluding tert-OH is 1. The van der Waals surface area contributed by atoms with Gasteiger partial charge in [-0.05, 0) is 30.7 Å². The van der Waals surface area contributed by atoms with Crippen LogP contribution >= 0.6 is 23.4 Å². The van der Waals surface area contributed by atoms with Gasteiger partial charge in [-0.25, -0.2) is 4.98 Å². The van der Waals surface area contributed by atoms with E-state index in [1.165, 1.54) is 11.8 Å². The number of H-pyrrole nitrogens is 1. The lowest BCUT2D eigenvalue weighted by atomic mass is 10.3. The third-order valence-electron chi connectivity index (χ3n) is 2.23. The predicted molar refractivity (Wildman–Crippen MR) is 74.6 cm³/mol. The van der Waals surface area contributed by atoms with E-state index in [1.54, 1.807) is 24.3 Å². The highest BCUT2D eigenvalue weighted by atomic mass is 35.5. The Balaban J connectivity index is 1.81. The molecule has 1 heterocycles. The molecule has 7 heteroatoms. The number of thioether (sulfide) groups is 1. The molecule has 5 nitrogen and oxygen atoms in total. The molecule has 0 radical (unpaired) electrons. The Morgan fingerprint density at radius 3 is 2.84 bits per heavy atom. The Morgan fingerprint density at radius 1 is 1.32 bits per heavy atom. The summed E-state index contributed by atoms with van der Waals surface area (Å²) in [6, 6.07) is 7.14. The Hall–Kier alpha value is -1.24. The van der Waals surface area contributed by atoms with Crippen LogP contribution < -0.4 is 4.74 Å². The van der Waals surface area contributed by atoms with Gasteiger partial charge in [0, 0.05) is 17.4 Å². The van der Waals surface area contributed by atoms with E-state index in [9.17, 15) is 0 Å². The third-order valence-corrected chi connectivity index (χ3v) is 3.42. The van der Waals surface area contributed by atoms with Crippen LogP contribution in [-0.4, -0.2) is 32.6 Å².